The maximum atomic E-state index is 12.6. The SMILES string of the molecule is CCCCC/C=C\C/C=C\CCCCCCCC(=O)O[C@H](COC(=O)CCCCCCCCCCC/C=C\CCCCCCCC)COP(=O)(O)OC[C@H](N)C(=O)O. The number of carboxylic acids is 1. The van der Waals surface area contributed by atoms with E-state index < -0.39 is 51.1 Å². The predicted molar refractivity (Wildman–Crippen MR) is 235 cm³/mol. The highest BCUT2D eigenvalue weighted by atomic mass is 31.2. The Morgan fingerprint density at radius 3 is 1.40 bits per heavy atom. The molecule has 0 aromatic heterocycles. The second kappa shape index (κ2) is 41.4. The molecule has 0 aliphatic carbocycles. The van der Waals surface area contributed by atoms with Crippen molar-refractivity contribution in [3.05, 3.63) is 36.5 Å². The number of nitrogens with two attached hydrogens (primary N) is 1. The Bertz CT molecular complexity index is 1130. The van der Waals surface area contributed by atoms with E-state index in [4.69, 9.17) is 24.8 Å². The van der Waals surface area contributed by atoms with E-state index in [9.17, 15) is 23.8 Å². The Hall–Kier alpha value is -2.30. The van der Waals surface area contributed by atoms with Gasteiger partial charge in [-0.15, -0.1) is 0 Å². The monoisotopic (exact) mass is 842 g/mol. The zero-order valence-corrected chi connectivity index (χ0v) is 37.5. The molecule has 0 aliphatic rings. The third-order valence-corrected chi connectivity index (χ3v) is 10.8. The summed E-state index contributed by atoms with van der Waals surface area (Å²) in [6.45, 7) is 2.77. The minimum Gasteiger partial charge on any atom is -0.480 e. The van der Waals surface area contributed by atoms with Crippen molar-refractivity contribution < 1.29 is 47.5 Å². The first-order chi connectivity index (χ1) is 28.1. The van der Waals surface area contributed by atoms with E-state index in [2.05, 4.69) is 54.8 Å². The van der Waals surface area contributed by atoms with Crippen LogP contribution in [0.1, 0.15) is 206 Å². The Labute approximate surface area is 353 Å². The van der Waals surface area contributed by atoms with E-state index in [1.807, 2.05) is 0 Å². The Balaban J connectivity index is 4.32. The van der Waals surface area contributed by atoms with Gasteiger partial charge in [-0.3, -0.25) is 23.4 Å². The number of hydrogen-bond donors (Lipinski definition) is 3. The summed E-state index contributed by atoms with van der Waals surface area (Å²) in [5.41, 5.74) is 5.34. The van der Waals surface area contributed by atoms with Crippen LogP contribution in [0.4, 0.5) is 0 Å². The van der Waals surface area contributed by atoms with E-state index in [1.54, 1.807) is 0 Å². The van der Waals surface area contributed by atoms with E-state index in [0.717, 1.165) is 64.2 Å². The van der Waals surface area contributed by atoms with Gasteiger partial charge in [0.05, 0.1) is 13.2 Å². The van der Waals surface area contributed by atoms with Crippen molar-refractivity contribution in [2.75, 3.05) is 19.8 Å². The number of aliphatic carboxylic acids is 1. The molecule has 0 rings (SSSR count). The minimum absolute atomic E-state index is 0.145. The molecule has 12 heteroatoms. The average molecular weight is 842 g/mol. The number of carbonyl (C=O) groups excluding carboxylic acids is 2. The predicted octanol–water partition coefficient (Wildman–Crippen LogP) is 12.4. The van der Waals surface area contributed by atoms with Crippen LogP contribution in [0.15, 0.2) is 36.5 Å². The Kier molecular flexibility index (Phi) is 39.8. The van der Waals surface area contributed by atoms with Gasteiger partial charge in [0.2, 0.25) is 0 Å². The van der Waals surface area contributed by atoms with Gasteiger partial charge in [0.25, 0.3) is 0 Å². The number of ether oxygens (including phenoxy) is 2. The van der Waals surface area contributed by atoms with Gasteiger partial charge in [0.1, 0.15) is 12.6 Å². The molecule has 1 unspecified atom stereocenters. The average Bonchev–Trinajstić information content (AvgIpc) is 3.20. The first kappa shape index (κ1) is 55.7. The number of carbonyl (C=O) groups is 3. The lowest BCUT2D eigenvalue weighted by Gasteiger charge is -2.20. The maximum Gasteiger partial charge on any atom is 0.472 e. The third-order valence-electron chi connectivity index (χ3n) is 9.86. The zero-order chi connectivity index (χ0) is 42.8. The van der Waals surface area contributed by atoms with Gasteiger partial charge >= 0.3 is 25.7 Å². The second-order valence-electron chi connectivity index (χ2n) is 15.5. The molecule has 11 nitrogen and oxygen atoms in total. The summed E-state index contributed by atoms with van der Waals surface area (Å²) in [6, 6.07) is -1.52. The number of rotatable bonds is 43. The number of unbranched alkanes of at least 4 members (excludes halogenated alkanes) is 23. The summed E-state index contributed by atoms with van der Waals surface area (Å²) in [4.78, 5) is 46.0. The van der Waals surface area contributed by atoms with Crippen LogP contribution >= 0.6 is 7.82 Å². The molecule has 0 radical (unpaired) electrons. The Morgan fingerprint density at radius 2 is 0.914 bits per heavy atom. The molecular formula is C46H84NO10P. The van der Waals surface area contributed by atoms with E-state index in [-0.39, 0.29) is 19.4 Å². The molecule has 58 heavy (non-hydrogen) atoms. The third kappa shape index (κ3) is 40.5. The largest absolute Gasteiger partial charge is 0.480 e. The number of esters is 2. The lowest BCUT2D eigenvalue weighted by Crippen LogP contribution is -2.34. The van der Waals surface area contributed by atoms with Crippen molar-refractivity contribution in [2.45, 2.75) is 219 Å². The highest BCUT2D eigenvalue weighted by Crippen LogP contribution is 2.43. The van der Waals surface area contributed by atoms with E-state index in [1.165, 1.54) is 103 Å². The van der Waals surface area contributed by atoms with Crippen LogP contribution < -0.4 is 5.73 Å². The van der Waals surface area contributed by atoms with E-state index >= 15 is 0 Å². The fourth-order valence-corrected chi connectivity index (χ4v) is 6.99. The highest BCUT2D eigenvalue weighted by Gasteiger charge is 2.28. The van der Waals surface area contributed by atoms with Gasteiger partial charge in [0, 0.05) is 12.8 Å². The number of carboxylic acid groups (broad SMARTS) is 1. The lowest BCUT2D eigenvalue weighted by atomic mass is 10.1. The smallest absolute Gasteiger partial charge is 0.472 e. The lowest BCUT2D eigenvalue weighted by molar-refractivity contribution is -0.161. The van der Waals surface area contributed by atoms with E-state index in [0.29, 0.717) is 12.8 Å². The second-order valence-corrected chi connectivity index (χ2v) is 17.0. The minimum atomic E-state index is -4.72. The van der Waals surface area contributed by atoms with Crippen LogP contribution in [0.3, 0.4) is 0 Å². The first-order valence-electron chi connectivity index (χ1n) is 23.0. The quantitative estimate of drug-likeness (QED) is 0.0231. The van der Waals surface area contributed by atoms with Gasteiger partial charge in [-0.05, 0) is 70.6 Å². The van der Waals surface area contributed by atoms with Crippen LogP contribution in [0.2, 0.25) is 0 Å². The fourth-order valence-electron chi connectivity index (χ4n) is 6.21. The summed E-state index contributed by atoms with van der Waals surface area (Å²) in [5, 5.41) is 8.89. The highest BCUT2D eigenvalue weighted by molar-refractivity contribution is 7.47. The topological polar surface area (TPSA) is 172 Å². The fraction of sp³-hybridized carbons (Fsp3) is 0.804. The van der Waals surface area contributed by atoms with Crippen molar-refractivity contribution in [1.82, 2.24) is 0 Å². The summed E-state index contributed by atoms with van der Waals surface area (Å²) in [7, 11) is -4.72. The van der Waals surface area contributed by atoms with Gasteiger partial charge < -0.3 is 25.2 Å². The molecule has 0 aromatic carbocycles. The van der Waals surface area contributed by atoms with Gasteiger partial charge in [0.15, 0.2) is 6.10 Å². The molecule has 0 aromatic rings. The molecule has 0 aliphatic heterocycles. The maximum absolute atomic E-state index is 12.6. The van der Waals surface area contributed by atoms with Crippen molar-refractivity contribution in [2.24, 2.45) is 5.73 Å². The first-order valence-corrected chi connectivity index (χ1v) is 24.5. The number of hydrogen-bond acceptors (Lipinski definition) is 9. The van der Waals surface area contributed by atoms with Gasteiger partial charge in [-0.2, -0.15) is 0 Å². The van der Waals surface area contributed by atoms with Crippen molar-refractivity contribution in [1.29, 1.82) is 0 Å². The molecule has 0 amide bonds. The number of phosphoric ester groups is 1. The van der Waals surface area contributed by atoms with Crippen LogP contribution in [0.25, 0.3) is 0 Å². The molecule has 338 valence electrons. The normalized spacial score (nSPS) is 14.0. The molecule has 0 spiro atoms. The van der Waals surface area contributed by atoms with Crippen molar-refractivity contribution in [3.8, 4) is 0 Å². The number of allylic oxidation sites excluding steroid dienone is 6. The zero-order valence-electron chi connectivity index (χ0n) is 36.6. The van der Waals surface area contributed by atoms with Crippen molar-refractivity contribution in [3.63, 3.8) is 0 Å². The summed E-state index contributed by atoms with van der Waals surface area (Å²) in [6.07, 6.45) is 44.9. The van der Waals surface area contributed by atoms with Crippen LogP contribution in [0, 0.1) is 0 Å². The Morgan fingerprint density at radius 1 is 0.534 bits per heavy atom. The molecule has 0 bridgehead atoms. The van der Waals surface area contributed by atoms with Crippen molar-refractivity contribution >= 4 is 25.7 Å². The molecule has 4 N–H and O–H groups in total. The standard InChI is InChI=1S/C46H84NO10P/c1-3-5-7-9-11-13-15-17-19-20-21-22-24-25-27-29-31-33-35-37-44(48)54-39-42(40-55-58(52,53)56-41-43(47)46(50)51)57-45(49)38-36-34-32-30-28-26-23-18-16-14-12-10-8-6-4-2/h12,14,17-19,23,42-43H,3-11,13,15-16,20-22,24-41,47H2,1-2H3,(H,50,51)(H,52,53)/b14-12-,19-17-,23-18-/t42-,43+/m1/s1. The molecule has 0 fully saturated rings. The summed E-state index contributed by atoms with van der Waals surface area (Å²) < 4.78 is 32.7. The summed E-state index contributed by atoms with van der Waals surface area (Å²) >= 11 is 0. The number of phosphoric acid groups is 1. The molecule has 3 atom stereocenters. The van der Waals surface area contributed by atoms with Crippen LogP contribution in [-0.2, 0) is 37.5 Å². The van der Waals surface area contributed by atoms with Gasteiger partial charge in [-0.25, -0.2) is 4.57 Å². The molecule has 0 heterocycles. The molecule has 0 saturated carbocycles. The van der Waals surface area contributed by atoms with Crippen LogP contribution in [-0.4, -0.2) is 59.9 Å². The van der Waals surface area contributed by atoms with Gasteiger partial charge in [-0.1, -0.05) is 159 Å². The molecule has 0 saturated heterocycles. The van der Waals surface area contributed by atoms with Crippen LogP contribution in [0.5, 0.6) is 0 Å². The molecular weight excluding hydrogens is 757 g/mol. The summed E-state index contributed by atoms with van der Waals surface area (Å²) in [5.74, 6) is -2.39.